The molecule has 0 radical (unpaired) electrons. The largest absolute Gasteiger partial charge is 0.369 e. The van der Waals surface area contributed by atoms with Gasteiger partial charge in [0.15, 0.2) is 0 Å². The third kappa shape index (κ3) is 3.12. The maximum atomic E-state index is 12.6. The Bertz CT molecular complexity index is 715. The topological polar surface area (TPSA) is 113 Å². The molecule has 21 heavy (non-hydrogen) atoms. The Morgan fingerprint density at radius 3 is 2.71 bits per heavy atom. The number of carbonyl (C=O) groups is 1. The van der Waals surface area contributed by atoms with Gasteiger partial charge in [0.2, 0.25) is 15.9 Å². The second-order valence-electron chi connectivity index (χ2n) is 5.11. The number of nitrogens with two attached hydrogens (primary N) is 1. The van der Waals surface area contributed by atoms with Crippen LogP contribution in [0.1, 0.15) is 19.8 Å². The third-order valence-electron chi connectivity index (χ3n) is 3.67. The summed E-state index contributed by atoms with van der Waals surface area (Å²) in [6.45, 7) is 1.80. The minimum absolute atomic E-state index is 0.0373. The molecule has 1 saturated heterocycles. The Kier molecular flexibility index (Phi) is 4.40. The van der Waals surface area contributed by atoms with Crippen molar-refractivity contribution in [1.29, 1.82) is 0 Å². The smallest absolute Gasteiger partial charge is 0.266 e. The van der Waals surface area contributed by atoms with E-state index in [9.17, 15) is 18.0 Å². The van der Waals surface area contributed by atoms with Gasteiger partial charge in [0.25, 0.3) is 5.56 Å². The van der Waals surface area contributed by atoms with Crippen LogP contribution < -0.4 is 11.3 Å². The van der Waals surface area contributed by atoms with Gasteiger partial charge in [-0.05, 0) is 25.8 Å². The van der Waals surface area contributed by atoms with Crippen LogP contribution in [0.2, 0.25) is 5.02 Å². The number of H-pyrrole nitrogens is 1. The monoisotopic (exact) mass is 333 g/mol. The van der Waals surface area contributed by atoms with Crippen LogP contribution in [0.3, 0.4) is 0 Å². The van der Waals surface area contributed by atoms with Gasteiger partial charge >= 0.3 is 0 Å². The molecule has 2 atom stereocenters. The second kappa shape index (κ2) is 5.78. The number of aromatic nitrogens is 1. The summed E-state index contributed by atoms with van der Waals surface area (Å²) in [6, 6.07) is 0.854. The van der Waals surface area contributed by atoms with Crippen molar-refractivity contribution >= 4 is 27.5 Å². The third-order valence-corrected chi connectivity index (χ3v) is 5.90. The number of primary amides is 1. The van der Waals surface area contributed by atoms with Crippen molar-refractivity contribution in [3.63, 3.8) is 0 Å². The Morgan fingerprint density at radius 2 is 2.14 bits per heavy atom. The normalized spacial score (nSPS) is 23.9. The van der Waals surface area contributed by atoms with Gasteiger partial charge in [0.05, 0.1) is 10.8 Å². The number of rotatable bonds is 3. The molecule has 0 aliphatic carbocycles. The average molecular weight is 334 g/mol. The maximum Gasteiger partial charge on any atom is 0.266 e. The van der Waals surface area contributed by atoms with E-state index in [0.29, 0.717) is 12.8 Å². The van der Waals surface area contributed by atoms with Crippen LogP contribution in [0.15, 0.2) is 22.0 Å². The number of hydrogen-bond donors (Lipinski definition) is 2. The average Bonchev–Trinajstić information content (AvgIpc) is 2.41. The number of aromatic amines is 1. The maximum absolute atomic E-state index is 12.6. The van der Waals surface area contributed by atoms with Crippen molar-refractivity contribution in [3.8, 4) is 0 Å². The fourth-order valence-electron chi connectivity index (χ4n) is 2.36. The predicted molar refractivity (Wildman–Crippen MR) is 77.3 cm³/mol. The van der Waals surface area contributed by atoms with Gasteiger partial charge in [-0.2, -0.15) is 4.31 Å². The standard InChI is InChI=1S/C12H16ClN3O4S/c1-7-2-3-8(11(14)17)6-16(7)21(19,20)9-4-10(13)12(18)15-5-9/h4-5,7-8H,2-3,6H2,1H3,(H2,14,17)(H,15,18). The summed E-state index contributed by atoms with van der Waals surface area (Å²) < 4.78 is 26.5. The number of nitrogens with one attached hydrogen (secondary N) is 1. The van der Waals surface area contributed by atoms with Crippen molar-refractivity contribution in [3.05, 3.63) is 27.6 Å². The molecule has 1 amide bonds. The van der Waals surface area contributed by atoms with Gasteiger partial charge in [-0.25, -0.2) is 8.42 Å². The molecule has 1 aromatic heterocycles. The van der Waals surface area contributed by atoms with Gasteiger partial charge in [-0.15, -0.1) is 0 Å². The van der Waals surface area contributed by atoms with E-state index in [-0.39, 0.29) is 22.5 Å². The van der Waals surface area contributed by atoms with E-state index < -0.39 is 27.4 Å². The van der Waals surface area contributed by atoms with Crippen LogP contribution >= 0.6 is 11.6 Å². The van der Waals surface area contributed by atoms with E-state index in [1.54, 1.807) is 6.92 Å². The molecule has 0 bridgehead atoms. The first-order chi connectivity index (χ1) is 9.73. The molecule has 9 heteroatoms. The zero-order valence-corrected chi connectivity index (χ0v) is 12.9. The molecule has 1 fully saturated rings. The number of carbonyl (C=O) groups excluding carboxylic acids is 1. The van der Waals surface area contributed by atoms with Gasteiger partial charge in [-0.3, -0.25) is 9.59 Å². The van der Waals surface area contributed by atoms with Crippen LogP contribution in [-0.4, -0.2) is 36.2 Å². The fourth-order valence-corrected chi connectivity index (χ4v) is 4.30. The van der Waals surface area contributed by atoms with Crippen LogP contribution in [0.5, 0.6) is 0 Å². The van der Waals surface area contributed by atoms with E-state index in [4.69, 9.17) is 17.3 Å². The number of hydrogen-bond acceptors (Lipinski definition) is 4. The molecule has 0 aromatic carbocycles. The highest BCUT2D eigenvalue weighted by atomic mass is 35.5. The number of sulfonamides is 1. The number of piperidine rings is 1. The molecule has 3 N–H and O–H groups in total. The first kappa shape index (κ1) is 16.0. The minimum Gasteiger partial charge on any atom is -0.369 e. The summed E-state index contributed by atoms with van der Waals surface area (Å²) in [4.78, 5) is 24.7. The molecule has 2 unspecified atom stereocenters. The van der Waals surface area contributed by atoms with E-state index in [1.165, 1.54) is 4.31 Å². The van der Waals surface area contributed by atoms with Crippen molar-refractivity contribution < 1.29 is 13.2 Å². The summed E-state index contributed by atoms with van der Waals surface area (Å²) >= 11 is 5.67. The lowest BCUT2D eigenvalue weighted by molar-refractivity contribution is -0.123. The highest BCUT2D eigenvalue weighted by molar-refractivity contribution is 7.89. The van der Waals surface area contributed by atoms with E-state index in [1.807, 2.05) is 0 Å². The molecule has 7 nitrogen and oxygen atoms in total. The molecular weight excluding hydrogens is 318 g/mol. The highest BCUT2D eigenvalue weighted by Crippen LogP contribution is 2.28. The zero-order chi connectivity index (χ0) is 15.8. The van der Waals surface area contributed by atoms with Gasteiger partial charge < -0.3 is 10.7 Å². The predicted octanol–water partition coefficient (Wildman–Crippen LogP) is 0.303. The van der Waals surface area contributed by atoms with Crippen LogP contribution in [0.4, 0.5) is 0 Å². The summed E-state index contributed by atoms with van der Waals surface area (Å²) in [5, 5.41) is -0.202. The van der Waals surface area contributed by atoms with E-state index >= 15 is 0 Å². The summed E-state index contributed by atoms with van der Waals surface area (Å²) in [5.74, 6) is -1.02. The molecule has 116 valence electrons. The van der Waals surface area contributed by atoms with Gasteiger partial charge in [-0.1, -0.05) is 11.6 Å². The molecule has 2 heterocycles. The van der Waals surface area contributed by atoms with Crippen molar-refractivity contribution in [2.45, 2.75) is 30.7 Å². The zero-order valence-electron chi connectivity index (χ0n) is 11.4. The number of halogens is 1. The number of pyridine rings is 1. The first-order valence-corrected chi connectivity index (χ1v) is 8.24. The Balaban J connectivity index is 2.39. The Labute approximate surface area is 127 Å². The quantitative estimate of drug-likeness (QED) is 0.828. The van der Waals surface area contributed by atoms with Crippen molar-refractivity contribution in [2.75, 3.05) is 6.54 Å². The molecule has 1 aliphatic heterocycles. The fraction of sp³-hybridized carbons (Fsp3) is 0.500. The summed E-state index contributed by atoms with van der Waals surface area (Å²) in [6.07, 6.45) is 2.21. The van der Waals surface area contributed by atoms with Gasteiger partial charge in [0, 0.05) is 18.8 Å². The number of nitrogens with zero attached hydrogens (tertiary/aromatic N) is 1. The van der Waals surface area contributed by atoms with E-state index in [0.717, 1.165) is 12.3 Å². The SMILES string of the molecule is CC1CCC(C(N)=O)CN1S(=O)(=O)c1c[nH]c(=O)c(Cl)c1. The molecule has 1 aliphatic rings. The van der Waals surface area contributed by atoms with Crippen LogP contribution in [0, 0.1) is 5.92 Å². The highest BCUT2D eigenvalue weighted by Gasteiger charge is 2.37. The second-order valence-corrected chi connectivity index (χ2v) is 7.41. The Morgan fingerprint density at radius 1 is 1.48 bits per heavy atom. The number of amides is 1. The molecule has 0 saturated carbocycles. The Hall–Kier alpha value is -1.38. The minimum atomic E-state index is -3.85. The van der Waals surface area contributed by atoms with Crippen LogP contribution in [-0.2, 0) is 14.8 Å². The van der Waals surface area contributed by atoms with Crippen LogP contribution in [0.25, 0.3) is 0 Å². The molecule has 2 rings (SSSR count). The first-order valence-electron chi connectivity index (χ1n) is 6.43. The van der Waals surface area contributed by atoms with Crippen molar-refractivity contribution in [1.82, 2.24) is 9.29 Å². The lowest BCUT2D eigenvalue weighted by atomic mass is 9.95. The van der Waals surface area contributed by atoms with E-state index in [2.05, 4.69) is 4.98 Å². The lowest BCUT2D eigenvalue weighted by Gasteiger charge is -2.35. The summed E-state index contributed by atoms with van der Waals surface area (Å²) in [7, 11) is -3.85. The molecular formula is C12H16ClN3O4S. The molecule has 0 spiro atoms. The lowest BCUT2D eigenvalue weighted by Crippen LogP contribution is -2.48. The summed E-state index contributed by atoms with van der Waals surface area (Å²) in [5.41, 5.74) is 4.71. The van der Waals surface area contributed by atoms with Crippen molar-refractivity contribution in [2.24, 2.45) is 11.7 Å². The molecule has 1 aromatic rings. The van der Waals surface area contributed by atoms with Gasteiger partial charge in [0.1, 0.15) is 5.02 Å².